The van der Waals surface area contributed by atoms with Gasteiger partial charge in [-0.3, -0.25) is 0 Å². The lowest BCUT2D eigenvalue weighted by Gasteiger charge is -2.04. The molecule has 0 N–H and O–H groups in total. The molecule has 3 rings (SSSR count). The number of nitrogens with zero attached hydrogens (tertiary/aromatic N) is 3. The Morgan fingerprint density at radius 3 is 2.78 bits per heavy atom. The normalized spacial score (nSPS) is 14.6. The van der Waals surface area contributed by atoms with Crippen LogP contribution in [0, 0.1) is 0 Å². The van der Waals surface area contributed by atoms with Crippen LogP contribution in [0.2, 0.25) is 0 Å². The van der Waals surface area contributed by atoms with Gasteiger partial charge in [0.1, 0.15) is 4.60 Å². The van der Waals surface area contributed by atoms with E-state index in [2.05, 4.69) is 38.8 Å². The van der Waals surface area contributed by atoms with Crippen LogP contribution in [0.1, 0.15) is 24.6 Å². The zero-order valence-electron chi connectivity index (χ0n) is 10.2. The summed E-state index contributed by atoms with van der Waals surface area (Å²) in [5.74, 6) is 1.85. The molecule has 0 radical (unpaired) electrons. The molecule has 1 fully saturated rings. The quantitative estimate of drug-likeness (QED) is 0.214. The predicted octanol–water partition coefficient (Wildman–Crippen LogP) is -0.180. The highest BCUT2D eigenvalue weighted by Gasteiger charge is 2.35. The van der Waals surface area contributed by atoms with Crippen LogP contribution < -0.4 is 28.5 Å². The third-order valence-electron chi connectivity index (χ3n) is 3.14. The van der Waals surface area contributed by atoms with Crippen molar-refractivity contribution >= 4 is 38.6 Å². The summed E-state index contributed by atoms with van der Waals surface area (Å²) in [5, 5.41) is 2.27. The standard InChI is InChI=1S/C12H13BrN3S.HI/c1-16-9-6-14-10(13)5-8(9)12(17-2)15-11(16)7-3-4-7;/h5-7H,3-4H2,1-2H3;1H/q+1;/p-1. The van der Waals surface area contributed by atoms with Gasteiger partial charge in [-0.2, -0.15) is 0 Å². The van der Waals surface area contributed by atoms with Crippen molar-refractivity contribution in [3.63, 3.8) is 0 Å². The molecule has 0 aliphatic heterocycles. The van der Waals surface area contributed by atoms with E-state index in [9.17, 15) is 0 Å². The van der Waals surface area contributed by atoms with Gasteiger partial charge in [-0.05, 0) is 46.1 Å². The average Bonchev–Trinajstić information content (AvgIpc) is 3.13. The smallest absolute Gasteiger partial charge is 0.303 e. The summed E-state index contributed by atoms with van der Waals surface area (Å²) in [5.41, 5.74) is 1.16. The molecule has 6 heteroatoms. The summed E-state index contributed by atoms with van der Waals surface area (Å²) in [6, 6.07) is 2.05. The molecule has 0 unspecified atom stereocenters. The first kappa shape index (κ1) is 14.5. The van der Waals surface area contributed by atoms with Crippen molar-refractivity contribution in [3.05, 3.63) is 22.7 Å². The van der Waals surface area contributed by atoms with E-state index >= 15 is 0 Å². The minimum atomic E-state index is 0. The van der Waals surface area contributed by atoms with Crippen LogP contribution in [0.25, 0.3) is 10.9 Å². The lowest BCUT2D eigenvalue weighted by atomic mass is 10.3. The monoisotopic (exact) mass is 437 g/mol. The topological polar surface area (TPSA) is 29.7 Å². The molecule has 2 heterocycles. The van der Waals surface area contributed by atoms with E-state index in [0.29, 0.717) is 5.92 Å². The zero-order valence-corrected chi connectivity index (χ0v) is 14.7. The first-order valence-electron chi connectivity index (χ1n) is 5.60. The van der Waals surface area contributed by atoms with Gasteiger partial charge in [0.25, 0.3) is 0 Å². The molecule has 0 aromatic carbocycles. The maximum absolute atomic E-state index is 4.80. The van der Waals surface area contributed by atoms with Gasteiger partial charge in [0, 0.05) is 0 Å². The van der Waals surface area contributed by atoms with Gasteiger partial charge >= 0.3 is 5.82 Å². The molecule has 18 heavy (non-hydrogen) atoms. The van der Waals surface area contributed by atoms with Crippen LogP contribution in [0.4, 0.5) is 0 Å². The number of pyridine rings is 1. The second-order valence-corrected chi connectivity index (χ2v) is 5.94. The van der Waals surface area contributed by atoms with Crippen molar-refractivity contribution in [2.24, 2.45) is 7.05 Å². The Bertz CT molecular complexity index is 601. The molecule has 1 saturated carbocycles. The Morgan fingerprint density at radius 1 is 1.44 bits per heavy atom. The Morgan fingerprint density at radius 2 is 2.17 bits per heavy atom. The van der Waals surface area contributed by atoms with Crippen molar-refractivity contribution in [1.29, 1.82) is 0 Å². The minimum absolute atomic E-state index is 0. The van der Waals surface area contributed by atoms with Crippen molar-refractivity contribution in [1.82, 2.24) is 9.97 Å². The summed E-state index contributed by atoms with van der Waals surface area (Å²) < 4.78 is 3.05. The lowest BCUT2D eigenvalue weighted by Crippen LogP contribution is -3.00. The fraction of sp³-hybridized carbons (Fsp3) is 0.417. The number of rotatable bonds is 2. The Kier molecular flexibility index (Phi) is 4.48. The molecular formula is C12H13BrIN3S. The van der Waals surface area contributed by atoms with Gasteiger partial charge in [0.2, 0.25) is 5.03 Å². The van der Waals surface area contributed by atoms with Crippen LogP contribution in [0.5, 0.6) is 0 Å². The number of hydrogen-bond acceptors (Lipinski definition) is 3. The summed E-state index contributed by atoms with van der Waals surface area (Å²) in [6.45, 7) is 0. The molecule has 0 amide bonds. The molecule has 0 spiro atoms. The van der Waals surface area contributed by atoms with Crippen LogP contribution in [-0.4, -0.2) is 16.2 Å². The van der Waals surface area contributed by atoms with Gasteiger partial charge in [-0.25, -0.2) is 9.55 Å². The Hall–Kier alpha value is 0.0500. The summed E-state index contributed by atoms with van der Waals surface area (Å²) >= 11 is 5.12. The highest BCUT2D eigenvalue weighted by Crippen LogP contribution is 2.38. The molecular weight excluding hydrogens is 425 g/mol. The summed E-state index contributed by atoms with van der Waals surface area (Å²) in [6.07, 6.45) is 6.54. The number of aromatic nitrogens is 3. The summed E-state index contributed by atoms with van der Waals surface area (Å²) in [7, 11) is 2.09. The highest BCUT2D eigenvalue weighted by atomic mass is 127. The number of hydrogen-bond donors (Lipinski definition) is 0. The Labute approximate surface area is 136 Å². The van der Waals surface area contributed by atoms with Crippen molar-refractivity contribution in [3.8, 4) is 0 Å². The van der Waals surface area contributed by atoms with Gasteiger partial charge in [-0.1, -0.05) is 11.8 Å². The van der Waals surface area contributed by atoms with Gasteiger partial charge < -0.3 is 24.0 Å². The van der Waals surface area contributed by atoms with Gasteiger partial charge in [-0.15, -0.1) is 0 Å². The molecule has 2 aromatic heterocycles. The first-order valence-corrected chi connectivity index (χ1v) is 7.61. The third kappa shape index (κ3) is 2.51. The molecule has 96 valence electrons. The van der Waals surface area contributed by atoms with Crippen molar-refractivity contribution in [2.45, 2.75) is 23.8 Å². The van der Waals surface area contributed by atoms with E-state index in [1.54, 1.807) is 11.8 Å². The van der Waals surface area contributed by atoms with Gasteiger partial charge in [0.15, 0.2) is 5.52 Å². The van der Waals surface area contributed by atoms with E-state index in [0.717, 1.165) is 15.1 Å². The van der Waals surface area contributed by atoms with E-state index in [4.69, 9.17) is 4.98 Å². The molecule has 2 aromatic rings. The maximum atomic E-state index is 4.80. The van der Waals surface area contributed by atoms with E-state index < -0.39 is 0 Å². The van der Waals surface area contributed by atoms with Crippen LogP contribution in [0.3, 0.4) is 0 Å². The summed E-state index contributed by atoms with van der Waals surface area (Å²) in [4.78, 5) is 9.12. The third-order valence-corrected chi connectivity index (χ3v) is 4.27. The van der Waals surface area contributed by atoms with Gasteiger partial charge in [0.05, 0.1) is 24.5 Å². The van der Waals surface area contributed by atoms with Crippen molar-refractivity contribution < 1.29 is 28.5 Å². The minimum Gasteiger partial charge on any atom is -1.00 e. The fourth-order valence-electron chi connectivity index (χ4n) is 2.09. The van der Waals surface area contributed by atoms with E-state index in [1.807, 2.05) is 12.3 Å². The fourth-order valence-corrected chi connectivity index (χ4v) is 2.99. The van der Waals surface area contributed by atoms with Crippen LogP contribution >= 0.6 is 27.7 Å². The molecule has 0 bridgehead atoms. The van der Waals surface area contributed by atoms with E-state index in [1.165, 1.54) is 24.1 Å². The second kappa shape index (κ2) is 5.58. The van der Waals surface area contributed by atoms with Crippen LogP contribution in [0.15, 0.2) is 21.9 Å². The number of aryl methyl sites for hydroxylation is 1. The second-order valence-electron chi connectivity index (χ2n) is 4.34. The Balaban J connectivity index is 0.00000120. The SMILES string of the molecule is CSc1nc(C2CC2)[n+](C)c2cnc(Br)cc12.[I-]. The van der Waals surface area contributed by atoms with E-state index in [-0.39, 0.29) is 24.0 Å². The lowest BCUT2D eigenvalue weighted by molar-refractivity contribution is -0.657. The first-order chi connectivity index (χ1) is 8.20. The largest absolute Gasteiger partial charge is 1.00 e. The number of thioether (sulfide) groups is 1. The molecule has 0 atom stereocenters. The predicted molar refractivity (Wildman–Crippen MR) is 72.2 cm³/mol. The molecule has 0 saturated heterocycles. The number of halogens is 2. The average molecular weight is 438 g/mol. The molecule has 1 aliphatic rings. The maximum Gasteiger partial charge on any atom is 0.303 e. The van der Waals surface area contributed by atoms with Crippen LogP contribution in [-0.2, 0) is 7.05 Å². The highest BCUT2D eigenvalue weighted by molar-refractivity contribution is 9.10. The zero-order chi connectivity index (χ0) is 12.0. The molecule has 1 aliphatic carbocycles. The molecule has 3 nitrogen and oxygen atoms in total. The van der Waals surface area contributed by atoms with Crippen molar-refractivity contribution in [2.75, 3.05) is 6.26 Å². The number of fused-ring (bicyclic) bond motifs is 1.